The predicted molar refractivity (Wildman–Crippen MR) is 106 cm³/mol. The molecule has 0 amide bonds. The summed E-state index contributed by atoms with van der Waals surface area (Å²) < 4.78 is 0. The van der Waals surface area contributed by atoms with Gasteiger partial charge in [0.2, 0.25) is 0 Å². The standard InChI is InChI=1S/C22H17NO2S/c1-14-11-16(7-9-20(14)23(24)25)15(2)17-8-10-22-19(12-17)13-18-5-3-4-6-21(18)26-22/h3-12H,2,13H2,1H3. The molecule has 4 rings (SSSR count). The first-order valence-electron chi connectivity index (χ1n) is 8.36. The molecule has 0 N–H and O–H groups in total. The fourth-order valence-corrected chi connectivity index (χ4v) is 4.35. The van der Waals surface area contributed by atoms with Crippen molar-refractivity contribution in [2.75, 3.05) is 0 Å². The summed E-state index contributed by atoms with van der Waals surface area (Å²) in [5.74, 6) is 0. The summed E-state index contributed by atoms with van der Waals surface area (Å²) in [6, 6.07) is 20.1. The van der Waals surface area contributed by atoms with Crippen LogP contribution in [0.2, 0.25) is 0 Å². The van der Waals surface area contributed by atoms with Crippen LogP contribution in [0, 0.1) is 17.0 Å². The summed E-state index contributed by atoms with van der Waals surface area (Å²) in [5.41, 5.74) is 6.28. The molecule has 1 aliphatic heterocycles. The zero-order chi connectivity index (χ0) is 18.3. The minimum atomic E-state index is -0.352. The summed E-state index contributed by atoms with van der Waals surface area (Å²) in [6.07, 6.45) is 0.916. The molecule has 3 nitrogen and oxygen atoms in total. The molecule has 1 heterocycles. The first-order valence-corrected chi connectivity index (χ1v) is 9.18. The van der Waals surface area contributed by atoms with Gasteiger partial charge in [0, 0.05) is 21.4 Å². The molecule has 1 aliphatic rings. The zero-order valence-electron chi connectivity index (χ0n) is 14.4. The first-order chi connectivity index (χ1) is 12.5. The van der Waals surface area contributed by atoms with Gasteiger partial charge in [0.05, 0.1) is 4.92 Å². The number of hydrogen-bond acceptors (Lipinski definition) is 3. The van der Waals surface area contributed by atoms with Gasteiger partial charge in [-0.05, 0) is 71.5 Å². The van der Waals surface area contributed by atoms with E-state index in [1.54, 1.807) is 30.8 Å². The highest BCUT2D eigenvalue weighted by molar-refractivity contribution is 7.99. The van der Waals surface area contributed by atoms with Crippen molar-refractivity contribution in [3.05, 3.63) is 105 Å². The second kappa shape index (κ2) is 6.46. The van der Waals surface area contributed by atoms with Crippen LogP contribution >= 0.6 is 11.8 Å². The highest BCUT2D eigenvalue weighted by Crippen LogP contribution is 2.40. The van der Waals surface area contributed by atoms with Gasteiger partial charge in [0.15, 0.2) is 0 Å². The third kappa shape index (κ3) is 2.93. The molecule has 0 unspecified atom stereocenters. The van der Waals surface area contributed by atoms with Crippen molar-refractivity contribution in [3.8, 4) is 0 Å². The normalized spacial score (nSPS) is 12.2. The van der Waals surface area contributed by atoms with Gasteiger partial charge in [0.25, 0.3) is 5.69 Å². The van der Waals surface area contributed by atoms with Crippen LogP contribution < -0.4 is 0 Å². The first kappa shape index (κ1) is 16.6. The number of nitro groups is 1. The molecule has 26 heavy (non-hydrogen) atoms. The Kier molecular flexibility index (Phi) is 4.13. The maximum Gasteiger partial charge on any atom is 0.272 e. The van der Waals surface area contributed by atoms with Crippen LogP contribution in [0.15, 0.2) is 77.0 Å². The second-order valence-corrected chi connectivity index (χ2v) is 7.53. The molecule has 3 aromatic carbocycles. The Morgan fingerprint density at radius 2 is 1.69 bits per heavy atom. The minimum Gasteiger partial charge on any atom is -0.258 e. The minimum absolute atomic E-state index is 0.139. The lowest BCUT2D eigenvalue weighted by molar-refractivity contribution is -0.385. The number of benzene rings is 3. The Morgan fingerprint density at radius 1 is 1.00 bits per heavy atom. The van der Waals surface area contributed by atoms with Gasteiger partial charge in [-0.15, -0.1) is 0 Å². The molecule has 0 radical (unpaired) electrons. The lowest BCUT2D eigenvalue weighted by Gasteiger charge is -2.20. The number of fused-ring (bicyclic) bond motifs is 2. The van der Waals surface area contributed by atoms with Gasteiger partial charge in [-0.25, -0.2) is 0 Å². The van der Waals surface area contributed by atoms with Gasteiger partial charge in [-0.2, -0.15) is 0 Å². The van der Waals surface area contributed by atoms with Gasteiger partial charge >= 0.3 is 0 Å². The van der Waals surface area contributed by atoms with Crippen LogP contribution in [-0.2, 0) is 6.42 Å². The van der Waals surface area contributed by atoms with Crippen LogP contribution in [0.1, 0.15) is 27.8 Å². The van der Waals surface area contributed by atoms with Gasteiger partial charge < -0.3 is 0 Å². The van der Waals surface area contributed by atoms with E-state index in [9.17, 15) is 10.1 Å². The lowest BCUT2D eigenvalue weighted by Crippen LogP contribution is -2.00. The molecule has 0 saturated carbocycles. The molecule has 0 aromatic heterocycles. The Morgan fingerprint density at radius 3 is 2.46 bits per heavy atom. The third-order valence-corrected chi connectivity index (χ3v) is 5.96. The second-order valence-electron chi connectivity index (χ2n) is 6.45. The average molecular weight is 359 g/mol. The van der Waals surface area contributed by atoms with E-state index in [2.05, 4.69) is 49.0 Å². The van der Waals surface area contributed by atoms with E-state index in [4.69, 9.17) is 0 Å². The van der Waals surface area contributed by atoms with Crippen LogP contribution in [0.3, 0.4) is 0 Å². The smallest absolute Gasteiger partial charge is 0.258 e. The maximum atomic E-state index is 11.0. The van der Waals surface area contributed by atoms with E-state index in [0.717, 1.165) is 23.1 Å². The zero-order valence-corrected chi connectivity index (χ0v) is 15.2. The molecule has 3 aromatic rings. The topological polar surface area (TPSA) is 43.1 Å². The largest absolute Gasteiger partial charge is 0.272 e. The van der Waals surface area contributed by atoms with Crippen molar-refractivity contribution in [3.63, 3.8) is 0 Å². The highest BCUT2D eigenvalue weighted by Gasteiger charge is 2.17. The molecular formula is C22H17NO2S. The monoisotopic (exact) mass is 359 g/mol. The maximum absolute atomic E-state index is 11.0. The Balaban J connectivity index is 1.66. The Hall–Kier alpha value is -2.85. The molecule has 4 heteroatoms. The van der Waals surface area contributed by atoms with E-state index < -0.39 is 0 Å². The van der Waals surface area contributed by atoms with E-state index in [1.165, 1.54) is 20.9 Å². The summed E-state index contributed by atoms with van der Waals surface area (Å²) in [5, 5.41) is 11.0. The fraction of sp³-hybridized carbons (Fsp3) is 0.0909. The SMILES string of the molecule is C=C(c1ccc([N+](=O)[O-])c(C)c1)c1ccc2c(c1)Cc1ccccc1S2. The molecule has 0 spiro atoms. The van der Waals surface area contributed by atoms with E-state index in [-0.39, 0.29) is 10.6 Å². The highest BCUT2D eigenvalue weighted by atomic mass is 32.2. The number of nitro benzene ring substituents is 1. The summed E-state index contributed by atoms with van der Waals surface area (Å²) in [7, 11) is 0. The Labute approximate surface area is 156 Å². The fourth-order valence-electron chi connectivity index (χ4n) is 3.29. The molecule has 0 saturated heterocycles. The molecule has 0 atom stereocenters. The van der Waals surface area contributed by atoms with Crippen LogP contribution in [0.4, 0.5) is 5.69 Å². The quantitative estimate of drug-likeness (QED) is 0.332. The molecular weight excluding hydrogens is 342 g/mol. The number of hydrogen-bond donors (Lipinski definition) is 0. The predicted octanol–water partition coefficient (Wildman–Crippen LogP) is 6.02. The lowest BCUT2D eigenvalue weighted by atomic mass is 9.94. The molecule has 128 valence electrons. The van der Waals surface area contributed by atoms with Gasteiger partial charge in [0.1, 0.15) is 0 Å². The molecule has 0 bridgehead atoms. The van der Waals surface area contributed by atoms with Crippen LogP contribution in [0.25, 0.3) is 5.57 Å². The van der Waals surface area contributed by atoms with Crippen molar-refractivity contribution in [1.29, 1.82) is 0 Å². The number of rotatable bonds is 3. The van der Waals surface area contributed by atoms with Crippen molar-refractivity contribution < 1.29 is 4.92 Å². The molecule has 0 aliphatic carbocycles. The number of aryl methyl sites for hydroxylation is 1. The van der Waals surface area contributed by atoms with Crippen molar-refractivity contribution in [1.82, 2.24) is 0 Å². The number of nitrogens with zero attached hydrogens (tertiary/aromatic N) is 1. The van der Waals surface area contributed by atoms with E-state index in [1.807, 2.05) is 6.07 Å². The summed E-state index contributed by atoms with van der Waals surface area (Å²) >= 11 is 1.80. The van der Waals surface area contributed by atoms with Crippen molar-refractivity contribution in [2.45, 2.75) is 23.1 Å². The Bertz CT molecular complexity index is 1060. The van der Waals surface area contributed by atoms with Gasteiger partial charge in [-0.1, -0.05) is 42.6 Å². The van der Waals surface area contributed by atoms with Crippen LogP contribution in [-0.4, -0.2) is 4.92 Å². The van der Waals surface area contributed by atoms with Gasteiger partial charge in [-0.3, -0.25) is 10.1 Å². The van der Waals surface area contributed by atoms with E-state index >= 15 is 0 Å². The van der Waals surface area contributed by atoms with Crippen molar-refractivity contribution >= 4 is 23.0 Å². The van der Waals surface area contributed by atoms with Crippen molar-refractivity contribution in [2.24, 2.45) is 0 Å². The third-order valence-electron chi connectivity index (χ3n) is 4.72. The summed E-state index contributed by atoms with van der Waals surface area (Å²) in [6.45, 7) is 5.99. The van der Waals surface area contributed by atoms with Crippen LogP contribution in [0.5, 0.6) is 0 Å². The summed E-state index contributed by atoms with van der Waals surface area (Å²) in [4.78, 5) is 13.3. The average Bonchev–Trinajstić information content (AvgIpc) is 2.64. The van der Waals surface area contributed by atoms with E-state index in [0.29, 0.717) is 5.56 Å². The molecule has 0 fully saturated rings.